The number of esters is 1. The molecule has 2 fully saturated rings. The van der Waals surface area contributed by atoms with Gasteiger partial charge >= 0.3 is 5.97 Å². The summed E-state index contributed by atoms with van der Waals surface area (Å²) in [6.45, 7) is 10.1. The van der Waals surface area contributed by atoms with Crippen LogP contribution in [0, 0.1) is 5.41 Å². The molecule has 0 aromatic heterocycles. The highest BCUT2D eigenvalue weighted by molar-refractivity contribution is 5.81. The average Bonchev–Trinajstić information content (AvgIpc) is 2.90. The Bertz CT molecular complexity index is 360. The molecule has 1 aliphatic heterocycles. The minimum atomic E-state index is -0.442. The monoisotopic (exact) mass is 296 g/mol. The molecule has 2 unspecified atom stereocenters. The molecule has 0 aromatic rings. The van der Waals surface area contributed by atoms with Gasteiger partial charge in [-0.15, -0.1) is 0 Å². The van der Waals surface area contributed by atoms with Crippen LogP contribution in [0.4, 0.5) is 0 Å². The Balaban J connectivity index is 1.98. The Morgan fingerprint density at radius 3 is 2.52 bits per heavy atom. The fourth-order valence-corrected chi connectivity index (χ4v) is 3.80. The van der Waals surface area contributed by atoms with Crippen molar-refractivity contribution in [3.05, 3.63) is 0 Å². The lowest BCUT2D eigenvalue weighted by Gasteiger charge is -2.40. The van der Waals surface area contributed by atoms with Gasteiger partial charge in [-0.25, -0.2) is 0 Å². The van der Waals surface area contributed by atoms with E-state index in [9.17, 15) is 4.79 Å². The number of carbonyl (C=O) groups excluding carboxylic acids is 1. The van der Waals surface area contributed by atoms with Crippen LogP contribution in [0.25, 0.3) is 0 Å². The normalized spacial score (nSPS) is 33.0. The minimum Gasteiger partial charge on any atom is -0.468 e. The molecule has 0 radical (unpaired) electrons. The van der Waals surface area contributed by atoms with E-state index in [4.69, 9.17) is 4.74 Å². The van der Waals surface area contributed by atoms with Crippen LogP contribution >= 0.6 is 0 Å². The second kappa shape index (κ2) is 6.66. The lowest BCUT2D eigenvalue weighted by atomic mass is 9.82. The van der Waals surface area contributed by atoms with Crippen molar-refractivity contribution in [3.63, 3.8) is 0 Å². The van der Waals surface area contributed by atoms with Crippen molar-refractivity contribution < 1.29 is 9.53 Å². The number of hydrogen-bond donors (Lipinski definition) is 1. The van der Waals surface area contributed by atoms with Gasteiger partial charge in [-0.1, -0.05) is 20.8 Å². The summed E-state index contributed by atoms with van der Waals surface area (Å²) in [5.41, 5.74) is 0.0391. The number of nitrogens with one attached hydrogen (secondary N) is 1. The fraction of sp³-hybridized carbons (Fsp3) is 0.941. The fourth-order valence-electron chi connectivity index (χ4n) is 3.80. The molecule has 4 nitrogen and oxygen atoms in total. The third kappa shape index (κ3) is 3.78. The van der Waals surface area contributed by atoms with Gasteiger partial charge in [0.2, 0.25) is 0 Å². The Morgan fingerprint density at radius 2 is 1.95 bits per heavy atom. The molecule has 0 bridgehead atoms. The van der Waals surface area contributed by atoms with Crippen molar-refractivity contribution in [1.82, 2.24) is 10.2 Å². The minimum absolute atomic E-state index is 0.0733. The van der Waals surface area contributed by atoms with E-state index in [1.54, 1.807) is 0 Å². The molecule has 1 saturated carbocycles. The van der Waals surface area contributed by atoms with Gasteiger partial charge in [0.05, 0.1) is 7.11 Å². The van der Waals surface area contributed by atoms with Crippen LogP contribution in [-0.2, 0) is 9.53 Å². The summed E-state index contributed by atoms with van der Waals surface area (Å²) in [5.74, 6) is -0.0733. The number of carbonyl (C=O) groups is 1. The molecule has 1 N–H and O–H groups in total. The van der Waals surface area contributed by atoms with Crippen molar-refractivity contribution in [2.45, 2.75) is 70.9 Å². The zero-order valence-electron chi connectivity index (χ0n) is 14.2. The predicted octanol–water partition coefficient (Wildman–Crippen LogP) is 2.57. The van der Waals surface area contributed by atoms with E-state index in [0.29, 0.717) is 11.5 Å². The van der Waals surface area contributed by atoms with E-state index in [0.717, 1.165) is 32.2 Å². The average molecular weight is 296 g/mol. The van der Waals surface area contributed by atoms with Gasteiger partial charge < -0.3 is 15.0 Å². The molecular formula is C17H32N2O2. The van der Waals surface area contributed by atoms with Crippen LogP contribution in [0.5, 0.6) is 0 Å². The molecule has 0 aromatic carbocycles. The maximum atomic E-state index is 12.3. The smallest absolute Gasteiger partial charge is 0.326 e. The van der Waals surface area contributed by atoms with Crippen molar-refractivity contribution in [2.75, 3.05) is 26.7 Å². The van der Waals surface area contributed by atoms with Crippen LogP contribution in [0.2, 0.25) is 0 Å². The first kappa shape index (κ1) is 16.8. The molecule has 2 aliphatic rings. The van der Waals surface area contributed by atoms with E-state index >= 15 is 0 Å². The van der Waals surface area contributed by atoms with Crippen LogP contribution < -0.4 is 5.32 Å². The lowest BCUT2D eigenvalue weighted by Crippen LogP contribution is -2.52. The second-order valence-corrected chi connectivity index (χ2v) is 7.60. The van der Waals surface area contributed by atoms with Crippen LogP contribution in [0.15, 0.2) is 0 Å². The molecule has 2 rings (SSSR count). The first-order valence-corrected chi connectivity index (χ1v) is 8.50. The lowest BCUT2D eigenvalue weighted by molar-refractivity contribution is -0.148. The van der Waals surface area contributed by atoms with E-state index in [2.05, 4.69) is 31.0 Å². The highest BCUT2D eigenvalue weighted by Gasteiger charge is 2.47. The summed E-state index contributed by atoms with van der Waals surface area (Å²) >= 11 is 0. The molecule has 0 amide bonds. The Morgan fingerprint density at radius 1 is 1.29 bits per heavy atom. The number of hydrogen-bond acceptors (Lipinski definition) is 4. The Labute approximate surface area is 129 Å². The maximum Gasteiger partial charge on any atom is 0.326 e. The maximum absolute atomic E-state index is 12.3. The first-order chi connectivity index (χ1) is 9.92. The quantitative estimate of drug-likeness (QED) is 0.792. The summed E-state index contributed by atoms with van der Waals surface area (Å²) < 4.78 is 5.08. The van der Waals surface area contributed by atoms with E-state index < -0.39 is 5.54 Å². The molecule has 122 valence electrons. The van der Waals surface area contributed by atoms with Gasteiger partial charge in [-0.2, -0.15) is 0 Å². The van der Waals surface area contributed by atoms with Gasteiger partial charge in [-0.05, 0) is 63.6 Å². The Hall–Kier alpha value is -0.610. The van der Waals surface area contributed by atoms with E-state index in [1.165, 1.54) is 33.0 Å². The topological polar surface area (TPSA) is 41.6 Å². The SMILES string of the molecule is CCCNC1(C(=O)OC)CCC(N2CCC(C)(C)CC2)C1. The van der Waals surface area contributed by atoms with Crippen molar-refractivity contribution in [1.29, 1.82) is 0 Å². The number of methoxy groups -OCH3 is 1. The third-order valence-electron chi connectivity index (χ3n) is 5.45. The summed E-state index contributed by atoms with van der Waals surface area (Å²) in [6, 6.07) is 0.532. The third-order valence-corrected chi connectivity index (χ3v) is 5.45. The summed E-state index contributed by atoms with van der Waals surface area (Å²) in [5, 5.41) is 3.48. The molecule has 4 heteroatoms. The standard InChI is InChI=1S/C17H32N2O2/c1-5-10-18-17(15(20)21-4)7-6-14(13-17)19-11-8-16(2,3)9-12-19/h14,18H,5-13H2,1-4H3. The highest BCUT2D eigenvalue weighted by Crippen LogP contribution is 2.38. The van der Waals surface area contributed by atoms with Crippen LogP contribution in [0.3, 0.4) is 0 Å². The molecule has 21 heavy (non-hydrogen) atoms. The largest absolute Gasteiger partial charge is 0.468 e. The number of piperidine rings is 1. The van der Waals surface area contributed by atoms with Crippen molar-refractivity contribution in [2.24, 2.45) is 5.41 Å². The van der Waals surface area contributed by atoms with Gasteiger partial charge in [-0.3, -0.25) is 4.79 Å². The van der Waals surface area contributed by atoms with Gasteiger partial charge in [0.25, 0.3) is 0 Å². The van der Waals surface area contributed by atoms with Gasteiger partial charge in [0, 0.05) is 6.04 Å². The predicted molar refractivity (Wildman–Crippen MR) is 85.3 cm³/mol. The zero-order chi connectivity index (χ0) is 15.5. The van der Waals surface area contributed by atoms with Gasteiger partial charge in [0.15, 0.2) is 0 Å². The first-order valence-electron chi connectivity index (χ1n) is 8.50. The number of nitrogens with zero attached hydrogens (tertiary/aromatic N) is 1. The molecular weight excluding hydrogens is 264 g/mol. The van der Waals surface area contributed by atoms with Crippen molar-refractivity contribution >= 4 is 5.97 Å². The Kier molecular flexibility index (Phi) is 5.31. The number of likely N-dealkylation sites (tertiary alicyclic amines) is 1. The second-order valence-electron chi connectivity index (χ2n) is 7.60. The van der Waals surface area contributed by atoms with Crippen LogP contribution in [0.1, 0.15) is 59.3 Å². The summed E-state index contributed by atoms with van der Waals surface area (Å²) in [6.07, 6.45) is 6.48. The van der Waals surface area contributed by atoms with E-state index in [-0.39, 0.29) is 5.97 Å². The number of ether oxygens (including phenoxy) is 1. The number of rotatable bonds is 5. The van der Waals surface area contributed by atoms with Crippen LogP contribution in [-0.4, -0.2) is 49.2 Å². The molecule has 2 atom stereocenters. The van der Waals surface area contributed by atoms with E-state index in [1.807, 2.05) is 0 Å². The summed E-state index contributed by atoms with van der Waals surface area (Å²) in [4.78, 5) is 14.9. The highest BCUT2D eigenvalue weighted by atomic mass is 16.5. The van der Waals surface area contributed by atoms with Gasteiger partial charge in [0.1, 0.15) is 5.54 Å². The van der Waals surface area contributed by atoms with Crippen molar-refractivity contribution in [3.8, 4) is 0 Å². The molecule has 1 saturated heterocycles. The molecule has 1 heterocycles. The molecule has 1 aliphatic carbocycles. The molecule has 0 spiro atoms. The zero-order valence-corrected chi connectivity index (χ0v) is 14.2. The summed E-state index contributed by atoms with van der Waals surface area (Å²) in [7, 11) is 1.51.